The fourth-order valence-electron chi connectivity index (χ4n) is 8.52. The number of rotatable bonds is 2. The molecule has 43 heavy (non-hydrogen) atoms. The average molecular weight is 570 g/mol. The molecule has 5 aromatic carbocycles. The largest absolute Gasteiger partial charge is 0.308 e. The third kappa shape index (κ3) is 3.14. The second-order valence-electron chi connectivity index (χ2n) is 12.8. The number of aryl methyl sites for hydroxylation is 1. The molecule has 1 aromatic heterocycles. The maximum absolute atomic E-state index is 8.46. The van der Waals surface area contributed by atoms with Gasteiger partial charge in [0.25, 0.3) is 0 Å². The molecule has 0 amide bonds. The minimum absolute atomic E-state index is 0.116. The van der Waals surface area contributed by atoms with Gasteiger partial charge in [0, 0.05) is 26.8 Å². The summed E-state index contributed by atoms with van der Waals surface area (Å²) in [4.78, 5) is 1.40. The van der Waals surface area contributed by atoms with Crippen molar-refractivity contribution in [3.63, 3.8) is 0 Å². The van der Waals surface area contributed by atoms with Crippen LogP contribution in [0.1, 0.15) is 75.2 Å². The van der Waals surface area contributed by atoms with E-state index in [-0.39, 0.29) is 5.41 Å². The molecule has 0 atom stereocenters. The van der Waals surface area contributed by atoms with Crippen molar-refractivity contribution in [3.05, 3.63) is 164 Å². The van der Waals surface area contributed by atoms with Gasteiger partial charge in [0.2, 0.25) is 0 Å². The van der Waals surface area contributed by atoms with Gasteiger partial charge in [-0.15, -0.1) is 11.3 Å². The first-order valence-corrected chi connectivity index (χ1v) is 16.1. The van der Waals surface area contributed by atoms with Crippen LogP contribution in [0.5, 0.6) is 0 Å². The monoisotopic (exact) mass is 569 g/mol. The summed E-state index contributed by atoms with van der Waals surface area (Å²) in [5.74, 6) is 0. The topological polar surface area (TPSA) is 23.9 Å². The Morgan fingerprint density at radius 2 is 1.35 bits per heavy atom. The minimum atomic E-state index is -0.426. The van der Waals surface area contributed by atoms with Gasteiger partial charge in [0.05, 0.1) is 5.41 Å². The van der Waals surface area contributed by atoms with E-state index in [1.165, 1.54) is 76.2 Å². The zero-order chi connectivity index (χ0) is 28.9. The summed E-state index contributed by atoms with van der Waals surface area (Å²) >= 11 is 1.91. The lowest BCUT2D eigenvalue weighted by atomic mass is 9.55. The number of nitrogens with one attached hydrogen (secondary N) is 1. The van der Waals surface area contributed by atoms with Crippen molar-refractivity contribution in [2.24, 2.45) is 0 Å². The molecular formula is C41H31NS. The summed E-state index contributed by atoms with van der Waals surface area (Å²) in [6.07, 6.45) is 6.09. The van der Waals surface area contributed by atoms with E-state index in [0.717, 1.165) is 18.4 Å². The molecule has 0 radical (unpaired) electrons. The van der Waals surface area contributed by atoms with Crippen molar-refractivity contribution in [1.82, 2.24) is 0 Å². The van der Waals surface area contributed by atoms with Gasteiger partial charge in [-0.05, 0) is 97.6 Å². The van der Waals surface area contributed by atoms with Crippen molar-refractivity contribution in [3.8, 4) is 11.1 Å². The summed E-state index contributed by atoms with van der Waals surface area (Å²) in [6.45, 7) is 4.73. The first-order valence-electron chi connectivity index (χ1n) is 15.2. The standard InChI is InChI=1S/C41H31NS/c1-40(2)32-12-4-6-14-34(32)41(35-15-7-5-13-33(35)40)31-21-19-25(22-30(31)39-27(24-42)10-9-16-36(39)41)26-18-20-29-28-11-3-8-17-37(28)43-38(29)23-26/h3-17,19,21-24,42H,18,20H2,1-2H3. The van der Waals surface area contributed by atoms with Crippen LogP contribution < -0.4 is 0 Å². The predicted octanol–water partition coefficient (Wildman–Crippen LogP) is 10.4. The second kappa shape index (κ2) is 8.75. The Kier molecular flexibility index (Phi) is 5.09. The number of thiophene rings is 1. The van der Waals surface area contributed by atoms with E-state index in [0.29, 0.717) is 0 Å². The van der Waals surface area contributed by atoms with Crippen LogP contribution in [0.2, 0.25) is 0 Å². The SMILES string of the molecule is CC1(C)c2ccccc2C2(c3ccc(C4=Cc5sc6ccccc6c5CC4)cc3-c3c(C=N)cccc32)c2ccccc21. The Labute approximate surface area is 256 Å². The van der Waals surface area contributed by atoms with Gasteiger partial charge < -0.3 is 5.41 Å². The summed E-state index contributed by atoms with van der Waals surface area (Å²) in [5, 5.41) is 9.87. The molecule has 9 rings (SSSR count). The highest BCUT2D eigenvalue weighted by atomic mass is 32.1. The van der Waals surface area contributed by atoms with Gasteiger partial charge >= 0.3 is 0 Å². The molecule has 0 unspecified atom stereocenters. The maximum Gasteiger partial charge on any atom is 0.0719 e. The van der Waals surface area contributed by atoms with E-state index in [1.54, 1.807) is 6.21 Å². The molecule has 206 valence electrons. The van der Waals surface area contributed by atoms with Crippen LogP contribution in [0.3, 0.4) is 0 Å². The van der Waals surface area contributed by atoms with Crippen molar-refractivity contribution >= 4 is 39.3 Å². The predicted molar refractivity (Wildman–Crippen MR) is 182 cm³/mol. The summed E-state index contributed by atoms with van der Waals surface area (Å²) in [7, 11) is 0. The van der Waals surface area contributed by atoms with Gasteiger partial charge in [0.1, 0.15) is 0 Å². The van der Waals surface area contributed by atoms with Crippen molar-refractivity contribution in [1.29, 1.82) is 5.41 Å². The van der Waals surface area contributed by atoms with Crippen LogP contribution in [-0.2, 0) is 17.3 Å². The summed E-state index contributed by atoms with van der Waals surface area (Å²) < 4.78 is 1.38. The Bertz CT molecular complexity index is 2140. The molecule has 3 aliphatic rings. The molecule has 0 saturated heterocycles. The van der Waals surface area contributed by atoms with Crippen molar-refractivity contribution < 1.29 is 0 Å². The highest BCUT2D eigenvalue weighted by Crippen LogP contribution is 2.62. The van der Waals surface area contributed by atoms with Crippen molar-refractivity contribution in [2.75, 3.05) is 0 Å². The van der Waals surface area contributed by atoms with Crippen LogP contribution in [-0.4, -0.2) is 6.21 Å². The van der Waals surface area contributed by atoms with E-state index >= 15 is 0 Å². The van der Waals surface area contributed by atoms with E-state index in [2.05, 4.69) is 129 Å². The first kappa shape index (κ1) is 25.0. The minimum Gasteiger partial charge on any atom is -0.308 e. The lowest BCUT2D eigenvalue weighted by Gasteiger charge is -2.46. The highest BCUT2D eigenvalue weighted by molar-refractivity contribution is 7.20. The van der Waals surface area contributed by atoms with Crippen LogP contribution in [0, 0.1) is 5.41 Å². The van der Waals surface area contributed by atoms with Gasteiger partial charge in [0.15, 0.2) is 0 Å². The molecule has 1 heterocycles. The lowest BCUT2D eigenvalue weighted by molar-refractivity contribution is 0.563. The molecule has 1 spiro atoms. The molecule has 0 bridgehead atoms. The Morgan fingerprint density at radius 3 is 2.09 bits per heavy atom. The number of fused-ring (bicyclic) bond motifs is 12. The van der Waals surface area contributed by atoms with Gasteiger partial charge in [-0.1, -0.05) is 111 Å². The molecular weight excluding hydrogens is 539 g/mol. The molecule has 2 heteroatoms. The fraction of sp³-hybridized carbons (Fsp3) is 0.146. The van der Waals surface area contributed by atoms with Crippen molar-refractivity contribution in [2.45, 2.75) is 37.5 Å². The molecule has 0 aliphatic heterocycles. The third-order valence-corrected chi connectivity index (χ3v) is 11.6. The van der Waals surface area contributed by atoms with Crippen LogP contribution >= 0.6 is 11.3 Å². The third-order valence-electron chi connectivity index (χ3n) is 10.4. The van der Waals surface area contributed by atoms with Crippen LogP contribution in [0.25, 0.3) is 32.9 Å². The quantitative estimate of drug-likeness (QED) is 0.200. The summed E-state index contributed by atoms with van der Waals surface area (Å²) in [6, 6.07) is 40.7. The van der Waals surface area contributed by atoms with E-state index in [1.807, 2.05) is 11.3 Å². The molecule has 0 saturated carbocycles. The zero-order valence-corrected chi connectivity index (χ0v) is 25.2. The van der Waals surface area contributed by atoms with Crippen LogP contribution in [0.4, 0.5) is 0 Å². The first-order chi connectivity index (χ1) is 21.0. The summed E-state index contributed by atoms with van der Waals surface area (Å²) in [5.41, 5.74) is 15.2. The number of hydrogen-bond acceptors (Lipinski definition) is 2. The fourth-order valence-corrected chi connectivity index (χ4v) is 9.74. The Hall–Kier alpha value is -4.53. The van der Waals surface area contributed by atoms with E-state index in [4.69, 9.17) is 5.41 Å². The molecule has 1 N–H and O–H groups in total. The lowest BCUT2D eigenvalue weighted by Crippen LogP contribution is -2.40. The van der Waals surface area contributed by atoms with Gasteiger partial charge in [-0.3, -0.25) is 0 Å². The van der Waals surface area contributed by atoms with E-state index < -0.39 is 5.41 Å². The highest BCUT2D eigenvalue weighted by Gasteiger charge is 2.53. The Morgan fingerprint density at radius 1 is 0.674 bits per heavy atom. The second-order valence-corrected chi connectivity index (χ2v) is 13.8. The van der Waals surface area contributed by atoms with Gasteiger partial charge in [-0.2, -0.15) is 0 Å². The smallest absolute Gasteiger partial charge is 0.0719 e. The number of benzene rings is 5. The van der Waals surface area contributed by atoms with Crippen LogP contribution in [0.15, 0.2) is 109 Å². The zero-order valence-electron chi connectivity index (χ0n) is 24.4. The molecule has 1 nitrogen and oxygen atoms in total. The van der Waals surface area contributed by atoms with E-state index in [9.17, 15) is 0 Å². The average Bonchev–Trinajstić information content (AvgIpc) is 3.57. The molecule has 0 fully saturated rings. The maximum atomic E-state index is 8.46. The molecule has 6 aromatic rings. The molecule has 3 aliphatic carbocycles. The normalized spacial score (nSPS) is 16.6. The number of hydrogen-bond donors (Lipinski definition) is 1. The van der Waals surface area contributed by atoms with Gasteiger partial charge in [-0.25, -0.2) is 0 Å². The Balaban J connectivity index is 1.34. The number of allylic oxidation sites excluding steroid dienone is 1.